The van der Waals surface area contributed by atoms with Crippen LogP contribution in [0.4, 0.5) is 9.59 Å². The molecule has 2 rings (SSSR count). The average molecular weight is 443 g/mol. The van der Waals surface area contributed by atoms with Crippen molar-refractivity contribution in [2.24, 2.45) is 0 Å². The van der Waals surface area contributed by atoms with E-state index in [4.69, 9.17) is 14.2 Å². The maximum absolute atomic E-state index is 12.9. The molecule has 2 aromatic rings. The van der Waals surface area contributed by atoms with Crippen LogP contribution in [0, 0.1) is 0 Å². The van der Waals surface area contributed by atoms with Gasteiger partial charge in [0.1, 0.15) is 17.1 Å². The number of nitrogens with zero attached hydrogens (tertiary/aromatic N) is 2. The lowest BCUT2D eigenvalue weighted by atomic mass is 9.97. The second-order valence-corrected chi connectivity index (χ2v) is 8.79. The summed E-state index contributed by atoms with van der Waals surface area (Å²) in [4.78, 5) is 28.0. The van der Waals surface area contributed by atoms with Crippen LogP contribution < -0.4 is 9.47 Å². The molecule has 0 bridgehead atoms. The minimum atomic E-state index is -0.622. The summed E-state index contributed by atoms with van der Waals surface area (Å²) in [5.41, 5.74) is 1.23. The van der Waals surface area contributed by atoms with Crippen LogP contribution in [0.1, 0.15) is 44.4 Å². The number of hydrogen-bond donors (Lipinski definition) is 0. The number of amides is 2. The molecule has 0 aliphatic heterocycles. The highest BCUT2D eigenvalue weighted by Crippen LogP contribution is 2.33. The number of rotatable bonds is 7. The summed E-state index contributed by atoms with van der Waals surface area (Å²) in [5, 5.41) is 0. The van der Waals surface area contributed by atoms with Crippen molar-refractivity contribution in [3.63, 3.8) is 0 Å². The van der Waals surface area contributed by atoms with Gasteiger partial charge in [-0.2, -0.15) is 0 Å². The van der Waals surface area contributed by atoms with Crippen molar-refractivity contribution in [2.75, 3.05) is 28.3 Å². The number of aryl methyl sites for hydroxylation is 1. The first-order valence-corrected chi connectivity index (χ1v) is 10.6. The van der Waals surface area contributed by atoms with Gasteiger partial charge in [-0.1, -0.05) is 30.3 Å². The summed E-state index contributed by atoms with van der Waals surface area (Å²) in [7, 11) is 6.59. The van der Waals surface area contributed by atoms with E-state index in [1.807, 2.05) is 57.2 Å². The van der Waals surface area contributed by atoms with Crippen LogP contribution in [0.2, 0.25) is 0 Å². The monoisotopic (exact) mass is 442 g/mol. The Morgan fingerprint density at radius 2 is 1.56 bits per heavy atom. The Kier molecular flexibility index (Phi) is 8.52. The van der Waals surface area contributed by atoms with Crippen LogP contribution in [0.3, 0.4) is 0 Å². The zero-order chi connectivity index (χ0) is 23.9. The first-order valence-electron chi connectivity index (χ1n) is 10.6. The van der Waals surface area contributed by atoms with Crippen molar-refractivity contribution in [3.8, 4) is 11.5 Å². The van der Waals surface area contributed by atoms with E-state index in [1.165, 1.54) is 4.90 Å². The smallest absolute Gasteiger partial charge is 0.414 e. The van der Waals surface area contributed by atoms with Crippen molar-refractivity contribution in [3.05, 3.63) is 59.7 Å². The molecule has 0 saturated carbocycles. The maximum Gasteiger partial charge on any atom is 0.414 e. The van der Waals surface area contributed by atoms with Gasteiger partial charge in [0, 0.05) is 26.7 Å². The SMILES string of the molecule is COc1ccc(CCC(c2ccccc2OC(=O)N(C)C)N(C)C(=O)OC(C)(C)C)cc1. The average Bonchev–Trinajstić information content (AvgIpc) is 2.73. The van der Waals surface area contributed by atoms with E-state index in [1.54, 1.807) is 45.3 Å². The van der Waals surface area contributed by atoms with Gasteiger partial charge in [-0.3, -0.25) is 0 Å². The van der Waals surface area contributed by atoms with E-state index in [9.17, 15) is 9.59 Å². The second kappa shape index (κ2) is 10.9. The zero-order valence-electron chi connectivity index (χ0n) is 20.0. The largest absolute Gasteiger partial charge is 0.497 e. The summed E-state index contributed by atoms with van der Waals surface area (Å²) in [5.74, 6) is 1.21. The Hall–Kier alpha value is -3.22. The zero-order valence-corrected chi connectivity index (χ0v) is 20.0. The normalized spacial score (nSPS) is 12.0. The third-order valence-corrected chi connectivity index (χ3v) is 4.85. The molecule has 0 N–H and O–H groups in total. The molecule has 0 fully saturated rings. The maximum atomic E-state index is 12.9. The fourth-order valence-corrected chi connectivity index (χ4v) is 3.15. The second-order valence-electron chi connectivity index (χ2n) is 8.79. The summed E-state index contributed by atoms with van der Waals surface area (Å²) >= 11 is 0. The number of hydrogen-bond acceptors (Lipinski definition) is 5. The molecule has 0 spiro atoms. The van der Waals surface area contributed by atoms with Crippen molar-refractivity contribution in [2.45, 2.75) is 45.3 Å². The minimum Gasteiger partial charge on any atom is -0.497 e. The fraction of sp³-hybridized carbons (Fsp3) is 0.440. The van der Waals surface area contributed by atoms with Gasteiger partial charge >= 0.3 is 12.2 Å². The van der Waals surface area contributed by atoms with Crippen molar-refractivity contribution in [1.82, 2.24) is 9.80 Å². The Morgan fingerprint density at radius 3 is 2.12 bits per heavy atom. The highest BCUT2D eigenvalue weighted by molar-refractivity contribution is 5.71. The highest BCUT2D eigenvalue weighted by atomic mass is 16.6. The molecule has 7 heteroatoms. The Labute approximate surface area is 190 Å². The Bertz CT molecular complexity index is 903. The lowest BCUT2D eigenvalue weighted by molar-refractivity contribution is 0.0210. The summed E-state index contributed by atoms with van der Waals surface area (Å²) in [6, 6.07) is 14.7. The molecular weight excluding hydrogens is 408 g/mol. The van der Waals surface area contributed by atoms with E-state index in [0.29, 0.717) is 18.6 Å². The van der Waals surface area contributed by atoms with Crippen LogP contribution in [0.15, 0.2) is 48.5 Å². The summed E-state index contributed by atoms with van der Waals surface area (Å²) < 4.78 is 16.4. The predicted octanol–water partition coefficient (Wildman–Crippen LogP) is 5.30. The third kappa shape index (κ3) is 7.18. The van der Waals surface area contributed by atoms with Gasteiger partial charge in [-0.25, -0.2) is 9.59 Å². The molecular formula is C25H34N2O5. The first-order chi connectivity index (χ1) is 15.0. The number of para-hydroxylation sites is 1. The van der Waals surface area contributed by atoms with Crippen LogP contribution >= 0.6 is 0 Å². The fourth-order valence-electron chi connectivity index (χ4n) is 3.15. The molecule has 32 heavy (non-hydrogen) atoms. The molecule has 0 aliphatic rings. The van der Waals surface area contributed by atoms with Crippen molar-refractivity contribution in [1.29, 1.82) is 0 Å². The van der Waals surface area contributed by atoms with Crippen LogP contribution in [0.25, 0.3) is 0 Å². The van der Waals surface area contributed by atoms with Crippen LogP contribution in [-0.2, 0) is 11.2 Å². The molecule has 0 aromatic heterocycles. The molecule has 0 saturated heterocycles. The van der Waals surface area contributed by atoms with E-state index in [-0.39, 0.29) is 6.04 Å². The van der Waals surface area contributed by atoms with Gasteiger partial charge in [0.25, 0.3) is 0 Å². The lowest BCUT2D eigenvalue weighted by Gasteiger charge is -2.32. The molecule has 2 aromatic carbocycles. The highest BCUT2D eigenvalue weighted by Gasteiger charge is 2.29. The lowest BCUT2D eigenvalue weighted by Crippen LogP contribution is -2.37. The molecule has 2 amide bonds. The first kappa shape index (κ1) is 25.0. The van der Waals surface area contributed by atoms with Gasteiger partial charge in [0.15, 0.2) is 0 Å². The van der Waals surface area contributed by atoms with Gasteiger partial charge in [0.2, 0.25) is 0 Å². The van der Waals surface area contributed by atoms with E-state index in [0.717, 1.165) is 16.9 Å². The predicted molar refractivity (Wildman–Crippen MR) is 124 cm³/mol. The number of methoxy groups -OCH3 is 1. The van der Waals surface area contributed by atoms with E-state index >= 15 is 0 Å². The third-order valence-electron chi connectivity index (χ3n) is 4.85. The van der Waals surface area contributed by atoms with E-state index < -0.39 is 17.8 Å². The molecule has 0 radical (unpaired) electrons. The quantitative estimate of drug-likeness (QED) is 0.582. The minimum absolute atomic E-state index is 0.363. The Balaban J connectivity index is 2.35. The molecule has 7 nitrogen and oxygen atoms in total. The molecule has 1 atom stereocenters. The Morgan fingerprint density at radius 1 is 0.938 bits per heavy atom. The molecule has 0 aliphatic carbocycles. The molecule has 1 unspecified atom stereocenters. The van der Waals surface area contributed by atoms with Crippen LogP contribution in [0.5, 0.6) is 11.5 Å². The molecule has 174 valence electrons. The van der Waals surface area contributed by atoms with E-state index in [2.05, 4.69) is 0 Å². The van der Waals surface area contributed by atoms with Crippen molar-refractivity contribution < 1.29 is 23.8 Å². The summed E-state index contributed by atoms with van der Waals surface area (Å²) in [6.45, 7) is 5.49. The number of carbonyl (C=O) groups is 2. The number of carbonyl (C=O) groups excluding carboxylic acids is 2. The van der Waals surface area contributed by atoms with Gasteiger partial charge < -0.3 is 24.0 Å². The van der Waals surface area contributed by atoms with Crippen LogP contribution in [-0.4, -0.2) is 55.8 Å². The topological polar surface area (TPSA) is 68.3 Å². The van der Waals surface area contributed by atoms with Crippen molar-refractivity contribution >= 4 is 12.2 Å². The van der Waals surface area contributed by atoms with Gasteiger partial charge in [0.05, 0.1) is 13.2 Å². The van der Waals surface area contributed by atoms with Gasteiger partial charge in [-0.05, 0) is 57.4 Å². The summed E-state index contributed by atoms with van der Waals surface area (Å²) in [6.07, 6.45) is 0.397. The molecule has 0 heterocycles. The van der Waals surface area contributed by atoms with Gasteiger partial charge in [-0.15, -0.1) is 0 Å². The number of ether oxygens (including phenoxy) is 3. The standard InChI is InChI=1S/C25H34N2O5/c1-25(2,3)32-24(29)27(6)21(17-14-18-12-15-19(30-7)16-13-18)20-10-8-9-11-22(20)31-23(28)26(4)5/h8-13,15-16,21H,14,17H2,1-7H3. The number of benzene rings is 2.